The number of carbonyl (C=O) groups excluding carboxylic acids is 2. The molecule has 1 heterocycles. The molecule has 1 aliphatic heterocycles. The molecular formula is C24H31NO5S. The van der Waals surface area contributed by atoms with Gasteiger partial charge in [0.1, 0.15) is 5.75 Å². The molecule has 7 heteroatoms. The van der Waals surface area contributed by atoms with Crippen LogP contribution in [0.15, 0.2) is 36.4 Å². The Bertz CT molecular complexity index is 960. The first-order valence-corrected chi connectivity index (χ1v) is 13.1. The van der Waals surface area contributed by atoms with Crippen molar-refractivity contribution < 1.29 is 22.7 Å². The number of piperidine rings is 1. The van der Waals surface area contributed by atoms with Crippen molar-refractivity contribution >= 4 is 21.7 Å². The summed E-state index contributed by atoms with van der Waals surface area (Å²) in [4.78, 5) is 23.0. The van der Waals surface area contributed by atoms with E-state index in [0.717, 1.165) is 30.8 Å². The van der Waals surface area contributed by atoms with Gasteiger partial charge in [0.25, 0.3) is 0 Å². The van der Waals surface area contributed by atoms with Crippen LogP contribution in [0.2, 0.25) is 0 Å². The van der Waals surface area contributed by atoms with Gasteiger partial charge in [0.05, 0.1) is 18.1 Å². The SMILES string of the molecule is O=C1CCC(CC/C=C/CS(=O)(=O)CC2(c3cccc(OCC4CC4)c3)CC2)C(=O)N1. The van der Waals surface area contributed by atoms with Crippen LogP contribution in [0.5, 0.6) is 5.75 Å². The maximum absolute atomic E-state index is 12.7. The Morgan fingerprint density at radius 3 is 2.65 bits per heavy atom. The number of benzene rings is 1. The molecule has 1 unspecified atom stereocenters. The van der Waals surface area contributed by atoms with Crippen LogP contribution < -0.4 is 10.1 Å². The maximum Gasteiger partial charge on any atom is 0.229 e. The minimum absolute atomic E-state index is 0.0158. The zero-order valence-electron chi connectivity index (χ0n) is 17.8. The predicted octanol–water partition coefficient (Wildman–Crippen LogP) is 3.31. The molecule has 6 nitrogen and oxygen atoms in total. The summed E-state index contributed by atoms with van der Waals surface area (Å²) in [5.41, 5.74) is 0.782. The zero-order valence-corrected chi connectivity index (χ0v) is 18.7. The Kier molecular flexibility index (Phi) is 6.51. The highest BCUT2D eigenvalue weighted by atomic mass is 32.2. The van der Waals surface area contributed by atoms with Crippen molar-refractivity contribution in [3.05, 3.63) is 42.0 Å². The van der Waals surface area contributed by atoms with E-state index >= 15 is 0 Å². The van der Waals surface area contributed by atoms with Gasteiger partial charge in [-0.25, -0.2) is 8.42 Å². The average Bonchev–Trinajstić information content (AvgIpc) is 3.64. The summed E-state index contributed by atoms with van der Waals surface area (Å²) in [6.07, 6.45) is 10.0. The molecule has 0 bridgehead atoms. The normalized spacial score (nSPS) is 23.0. The molecule has 1 aromatic carbocycles. The molecule has 31 heavy (non-hydrogen) atoms. The topological polar surface area (TPSA) is 89.5 Å². The third-order valence-electron chi connectivity index (χ3n) is 6.53. The molecule has 168 valence electrons. The van der Waals surface area contributed by atoms with Gasteiger partial charge in [-0.05, 0) is 68.6 Å². The highest BCUT2D eigenvalue weighted by molar-refractivity contribution is 7.91. The Hall–Kier alpha value is -2.15. The van der Waals surface area contributed by atoms with Gasteiger partial charge in [0.2, 0.25) is 11.8 Å². The third-order valence-corrected chi connectivity index (χ3v) is 8.22. The highest BCUT2D eigenvalue weighted by Gasteiger charge is 2.47. The molecule has 4 rings (SSSR count). The first-order chi connectivity index (χ1) is 14.9. The maximum atomic E-state index is 12.7. The standard InChI is InChI=1S/C24H31NO5S/c26-22-11-10-19(23(27)25-22)5-2-1-3-14-31(28,29)17-24(12-13-24)20-6-4-7-21(15-20)30-16-18-8-9-18/h1,3-4,6-7,15,18-19H,2,5,8-14,16-17H2,(H,25,26,27)/b3-1+. The molecule has 1 saturated heterocycles. The second kappa shape index (κ2) is 9.15. The largest absolute Gasteiger partial charge is 0.493 e. The zero-order chi connectivity index (χ0) is 21.9. The molecule has 3 fully saturated rings. The van der Waals surface area contributed by atoms with Crippen LogP contribution in [0.25, 0.3) is 0 Å². The van der Waals surface area contributed by atoms with E-state index in [1.54, 1.807) is 6.08 Å². The second-order valence-corrected chi connectivity index (χ2v) is 11.4. The van der Waals surface area contributed by atoms with Gasteiger partial charge >= 0.3 is 0 Å². The van der Waals surface area contributed by atoms with Crippen LogP contribution in [0, 0.1) is 11.8 Å². The van der Waals surface area contributed by atoms with Crippen molar-refractivity contribution in [3.8, 4) is 5.75 Å². The molecule has 2 aliphatic carbocycles. The summed E-state index contributed by atoms with van der Waals surface area (Å²) in [5, 5.41) is 2.36. The lowest BCUT2D eigenvalue weighted by Gasteiger charge is -2.19. The highest BCUT2D eigenvalue weighted by Crippen LogP contribution is 2.50. The number of imide groups is 1. The number of carbonyl (C=O) groups is 2. The van der Waals surface area contributed by atoms with Gasteiger partial charge in [-0.15, -0.1) is 0 Å². The van der Waals surface area contributed by atoms with E-state index < -0.39 is 9.84 Å². The molecule has 1 aromatic rings. The molecule has 1 N–H and O–H groups in total. The molecule has 0 aromatic heterocycles. The van der Waals surface area contributed by atoms with Crippen LogP contribution in [0.1, 0.15) is 56.9 Å². The van der Waals surface area contributed by atoms with Crippen molar-refractivity contribution in [2.45, 2.75) is 56.8 Å². The van der Waals surface area contributed by atoms with E-state index in [1.165, 1.54) is 12.8 Å². The first kappa shape index (κ1) is 22.1. The van der Waals surface area contributed by atoms with Crippen molar-refractivity contribution in [2.24, 2.45) is 11.8 Å². The Morgan fingerprint density at radius 1 is 1.13 bits per heavy atom. The Labute approximate surface area is 184 Å². The van der Waals surface area contributed by atoms with Gasteiger partial charge in [0, 0.05) is 17.8 Å². The predicted molar refractivity (Wildman–Crippen MR) is 118 cm³/mol. The monoisotopic (exact) mass is 445 g/mol. The minimum atomic E-state index is -3.23. The number of amides is 2. The van der Waals surface area contributed by atoms with Crippen LogP contribution in [-0.4, -0.2) is 38.3 Å². The average molecular weight is 446 g/mol. The fourth-order valence-electron chi connectivity index (χ4n) is 4.21. The van der Waals surface area contributed by atoms with E-state index in [2.05, 4.69) is 5.32 Å². The molecule has 3 aliphatic rings. The van der Waals surface area contributed by atoms with Crippen molar-refractivity contribution in [2.75, 3.05) is 18.1 Å². The summed E-state index contributed by atoms with van der Waals surface area (Å²) < 4.78 is 31.3. The lowest BCUT2D eigenvalue weighted by molar-refractivity contribution is -0.136. The smallest absolute Gasteiger partial charge is 0.229 e. The molecule has 0 radical (unpaired) electrons. The summed E-state index contributed by atoms with van der Waals surface area (Å²) >= 11 is 0. The fraction of sp³-hybridized carbons (Fsp3) is 0.583. The van der Waals surface area contributed by atoms with Crippen molar-refractivity contribution in [1.29, 1.82) is 0 Å². The van der Waals surface area contributed by atoms with E-state index in [9.17, 15) is 18.0 Å². The summed E-state index contributed by atoms with van der Waals surface area (Å²) in [6.45, 7) is 0.748. The van der Waals surface area contributed by atoms with Crippen LogP contribution >= 0.6 is 0 Å². The summed E-state index contributed by atoms with van der Waals surface area (Å²) in [6, 6.07) is 7.93. The minimum Gasteiger partial charge on any atom is -0.493 e. The summed E-state index contributed by atoms with van der Waals surface area (Å²) in [5.74, 6) is 1.10. The van der Waals surface area contributed by atoms with E-state index in [-0.39, 0.29) is 34.7 Å². The van der Waals surface area contributed by atoms with Gasteiger partial charge in [-0.3, -0.25) is 14.9 Å². The molecule has 0 spiro atoms. The first-order valence-electron chi connectivity index (χ1n) is 11.3. The number of sulfone groups is 1. The molecule has 2 amide bonds. The van der Waals surface area contributed by atoms with Gasteiger partial charge in [-0.1, -0.05) is 24.3 Å². The van der Waals surface area contributed by atoms with Crippen molar-refractivity contribution in [3.63, 3.8) is 0 Å². The number of hydrogen-bond donors (Lipinski definition) is 1. The number of hydrogen-bond acceptors (Lipinski definition) is 5. The lowest BCUT2D eigenvalue weighted by atomic mass is 9.93. The van der Waals surface area contributed by atoms with E-state index in [0.29, 0.717) is 31.6 Å². The van der Waals surface area contributed by atoms with E-state index in [4.69, 9.17) is 4.74 Å². The van der Waals surface area contributed by atoms with Crippen LogP contribution in [-0.2, 0) is 24.8 Å². The lowest BCUT2D eigenvalue weighted by Crippen LogP contribution is -2.40. The van der Waals surface area contributed by atoms with E-state index in [1.807, 2.05) is 30.3 Å². The van der Waals surface area contributed by atoms with Gasteiger partial charge in [-0.2, -0.15) is 0 Å². The number of allylic oxidation sites excluding steroid dienone is 1. The van der Waals surface area contributed by atoms with Gasteiger partial charge < -0.3 is 4.74 Å². The number of nitrogens with one attached hydrogen (secondary N) is 1. The molecule has 2 saturated carbocycles. The quantitative estimate of drug-likeness (QED) is 0.417. The number of rotatable bonds is 11. The third kappa shape index (κ3) is 6.19. The Morgan fingerprint density at radius 2 is 1.94 bits per heavy atom. The van der Waals surface area contributed by atoms with Crippen LogP contribution in [0.4, 0.5) is 0 Å². The molecular weight excluding hydrogens is 414 g/mol. The van der Waals surface area contributed by atoms with Crippen LogP contribution in [0.3, 0.4) is 0 Å². The second-order valence-electron chi connectivity index (χ2n) is 9.31. The van der Waals surface area contributed by atoms with Crippen molar-refractivity contribution in [1.82, 2.24) is 5.32 Å². The Balaban J connectivity index is 1.26. The number of ether oxygens (including phenoxy) is 1. The fourth-order valence-corrected chi connectivity index (χ4v) is 6.05. The summed E-state index contributed by atoms with van der Waals surface area (Å²) in [7, 11) is -3.23. The van der Waals surface area contributed by atoms with Gasteiger partial charge in [0.15, 0.2) is 9.84 Å². The molecule has 1 atom stereocenters.